The van der Waals surface area contributed by atoms with E-state index in [0.717, 1.165) is 6.07 Å². The molecule has 21 heavy (non-hydrogen) atoms. The fraction of sp³-hybridized carbons (Fsp3) is 0.462. The Labute approximate surface area is 123 Å². The van der Waals surface area contributed by atoms with Gasteiger partial charge in [0.25, 0.3) is 0 Å². The molecular formula is C13H18FNO5S. The molecule has 0 aliphatic heterocycles. The second kappa shape index (κ2) is 7.94. The minimum absolute atomic E-state index is 0.0254. The summed E-state index contributed by atoms with van der Waals surface area (Å²) in [6.45, 7) is 0.176. The highest BCUT2D eigenvalue weighted by Gasteiger charge is 2.15. The molecule has 0 aliphatic rings. The minimum atomic E-state index is -3.77. The van der Waals surface area contributed by atoms with E-state index in [1.165, 1.54) is 19.2 Å². The van der Waals surface area contributed by atoms with Gasteiger partial charge in [-0.1, -0.05) is 6.42 Å². The predicted molar refractivity (Wildman–Crippen MR) is 74.2 cm³/mol. The predicted octanol–water partition coefficient (Wildman–Crippen LogP) is 1.76. The smallest absolute Gasteiger partial charge is 0.303 e. The molecule has 0 spiro atoms. The Bertz CT molecular complexity index is 588. The second-order valence-corrected chi connectivity index (χ2v) is 6.17. The van der Waals surface area contributed by atoms with Crippen LogP contribution in [0.15, 0.2) is 23.1 Å². The maximum Gasteiger partial charge on any atom is 0.303 e. The Morgan fingerprint density at radius 2 is 2.05 bits per heavy atom. The molecule has 118 valence electrons. The van der Waals surface area contributed by atoms with Gasteiger partial charge in [0.15, 0.2) is 11.6 Å². The van der Waals surface area contributed by atoms with Gasteiger partial charge in [0.05, 0.1) is 12.0 Å². The largest absolute Gasteiger partial charge is 0.494 e. The lowest BCUT2D eigenvalue weighted by Gasteiger charge is -2.08. The Morgan fingerprint density at radius 1 is 1.33 bits per heavy atom. The molecule has 0 aliphatic carbocycles. The highest BCUT2D eigenvalue weighted by atomic mass is 32.2. The van der Waals surface area contributed by atoms with Gasteiger partial charge in [-0.15, -0.1) is 0 Å². The highest BCUT2D eigenvalue weighted by Crippen LogP contribution is 2.20. The quantitative estimate of drug-likeness (QED) is 0.677. The molecule has 0 bridgehead atoms. The monoisotopic (exact) mass is 319 g/mol. The third-order valence-electron chi connectivity index (χ3n) is 2.79. The van der Waals surface area contributed by atoms with Crippen molar-refractivity contribution in [1.29, 1.82) is 0 Å². The number of carbonyl (C=O) groups is 1. The van der Waals surface area contributed by atoms with E-state index in [1.807, 2.05) is 0 Å². The van der Waals surface area contributed by atoms with Crippen molar-refractivity contribution in [3.05, 3.63) is 24.0 Å². The van der Waals surface area contributed by atoms with Crippen molar-refractivity contribution in [3.8, 4) is 5.75 Å². The number of unbranched alkanes of at least 4 members (excludes halogenated alkanes) is 2. The molecule has 8 heteroatoms. The van der Waals surface area contributed by atoms with Gasteiger partial charge in [-0.2, -0.15) is 0 Å². The first-order valence-electron chi connectivity index (χ1n) is 6.42. The number of aliphatic carboxylic acids is 1. The summed E-state index contributed by atoms with van der Waals surface area (Å²) >= 11 is 0. The topological polar surface area (TPSA) is 92.7 Å². The first kappa shape index (κ1) is 17.4. The number of ether oxygens (including phenoxy) is 1. The maximum absolute atomic E-state index is 13.5. The average Bonchev–Trinajstić information content (AvgIpc) is 2.42. The Kier molecular flexibility index (Phi) is 6.57. The van der Waals surface area contributed by atoms with E-state index in [9.17, 15) is 17.6 Å². The van der Waals surface area contributed by atoms with Crippen LogP contribution in [-0.2, 0) is 14.8 Å². The van der Waals surface area contributed by atoms with Gasteiger partial charge in [0.2, 0.25) is 10.0 Å². The van der Waals surface area contributed by atoms with Gasteiger partial charge >= 0.3 is 5.97 Å². The molecule has 0 atom stereocenters. The number of sulfonamides is 1. The van der Waals surface area contributed by atoms with Crippen molar-refractivity contribution in [2.24, 2.45) is 0 Å². The van der Waals surface area contributed by atoms with Crippen LogP contribution in [0.5, 0.6) is 5.75 Å². The van der Waals surface area contributed by atoms with Crippen LogP contribution in [0.1, 0.15) is 25.7 Å². The van der Waals surface area contributed by atoms with E-state index in [-0.39, 0.29) is 23.6 Å². The summed E-state index contributed by atoms with van der Waals surface area (Å²) in [7, 11) is -2.48. The Morgan fingerprint density at radius 3 is 2.62 bits per heavy atom. The molecule has 0 aromatic heterocycles. The minimum Gasteiger partial charge on any atom is -0.494 e. The SMILES string of the molecule is COc1ccc(S(=O)(=O)NCCCCCC(=O)O)cc1F. The van der Waals surface area contributed by atoms with Crippen LogP contribution >= 0.6 is 0 Å². The number of carboxylic acids is 1. The van der Waals surface area contributed by atoms with E-state index in [1.54, 1.807) is 0 Å². The molecule has 1 aromatic carbocycles. The number of carboxylic acid groups (broad SMARTS) is 1. The summed E-state index contributed by atoms with van der Waals surface area (Å²) < 4.78 is 44.4. The number of hydrogen-bond acceptors (Lipinski definition) is 4. The van der Waals surface area contributed by atoms with Gasteiger partial charge in [-0.05, 0) is 31.0 Å². The molecule has 0 radical (unpaired) electrons. The highest BCUT2D eigenvalue weighted by molar-refractivity contribution is 7.89. The van der Waals surface area contributed by atoms with Crippen LogP contribution in [0.2, 0.25) is 0 Å². The van der Waals surface area contributed by atoms with Gasteiger partial charge < -0.3 is 9.84 Å². The normalized spacial score (nSPS) is 11.3. The van der Waals surface area contributed by atoms with Crippen LogP contribution in [0.3, 0.4) is 0 Å². The van der Waals surface area contributed by atoms with Crippen molar-refractivity contribution in [3.63, 3.8) is 0 Å². The van der Waals surface area contributed by atoms with Crippen LogP contribution in [0, 0.1) is 5.82 Å². The molecule has 1 aromatic rings. The molecule has 0 amide bonds. The number of nitrogens with one attached hydrogen (secondary N) is 1. The van der Waals surface area contributed by atoms with Crippen molar-refractivity contribution < 1.29 is 27.4 Å². The first-order chi connectivity index (χ1) is 9.86. The lowest BCUT2D eigenvalue weighted by molar-refractivity contribution is -0.137. The van der Waals surface area contributed by atoms with Crippen molar-refractivity contribution in [2.45, 2.75) is 30.6 Å². The molecule has 0 saturated heterocycles. The average molecular weight is 319 g/mol. The lowest BCUT2D eigenvalue weighted by Crippen LogP contribution is -2.25. The zero-order valence-electron chi connectivity index (χ0n) is 11.6. The molecule has 0 fully saturated rings. The van der Waals surface area contributed by atoms with E-state index >= 15 is 0 Å². The van der Waals surface area contributed by atoms with Gasteiger partial charge in [-0.25, -0.2) is 17.5 Å². The Hall–Kier alpha value is -1.67. The Balaban J connectivity index is 2.50. The van der Waals surface area contributed by atoms with E-state index in [4.69, 9.17) is 9.84 Å². The summed E-state index contributed by atoms with van der Waals surface area (Å²) in [6.07, 6.45) is 1.68. The molecule has 0 heterocycles. The van der Waals surface area contributed by atoms with E-state index < -0.39 is 21.8 Å². The summed E-state index contributed by atoms with van der Waals surface area (Å²) in [5.41, 5.74) is 0. The molecule has 0 unspecified atom stereocenters. The van der Waals surface area contributed by atoms with Crippen LogP contribution in [-0.4, -0.2) is 33.1 Å². The number of rotatable bonds is 9. The molecule has 1 rings (SSSR count). The summed E-state index contributed by atoms with van der Waals surface area (Å²) in [4.78, 5) is 10.1. The maximum atomic E-state index is 13.5. The van der Waals surface area contributed by atoms with Crippen LogP contribution < -0.4 is 9.46 Å². The summed E-state index contributed by atoms with van der Waals surface area (Å²) in [6, 6.07) is 3.40. The molecule has 2 N–H and O–H groups in total. The zero-order valence-corrected chi connectivity index (χ0v) is 12.5. The third-order valence-corrected chi connectivity index (χ3v) is 4.25. The molecule has 0 saturated carbocycles. The second-order valence-electron chi connectivity index (χ2n) is 4.40. The van der Waals surface area contributed by atoms with Crippen LogP contribution in [0.25, 0.3) is 0 Å². The van der Waals surface area contributed by atoms with Gasteiger partial charge in [0, 0.05) is 13.0 Å². The summed E-state index contributed by atoms with van der Waals surface area (Å²) in [5, 5.41) is 8.46. The number of methoxy groups -OCH3 is 1. The standard InChI is InChI=1S/C13H18FNO5S/c1-20-12-7-6-10(9-11(12)14)21(18,19)15-8-4-2-3-5-13(16)17/h6-7,9,15H,2-5,8H2,1H3,(H,16,17). The summed E-state index contributed by atoms with van der Waals surface area (Å²) in [5.74, 6) is -1.64. The molecule has 6 nitrogen and oxygen atoms in total. The number of hydrogen-bond donors (Lipinski definition) is 2. The fourth-order valence-electron chi connectivity index (χ4n) is 1.68. The zero-order chi connectivity index (χ0) is 15.9. The van der Waals surface area contributed by atoms with Gasteiger partial charge in [-0.3, -0.25) is 4.79 Å². The van der Waals surface area contributed by atoms with Crippen molar-refractivity contribution >= 4 is 16.0 Å². The van der Waals surface area contributed by atoms with E-state index in [0.29, 0.717) is 19.3 Å². The van der Waals surface area contributed by atoms with E-state index in [2.05, 4.69) is 4.72 Å². The third kappa shape index (κ3) is 5.68. The number of benzene rings is 1. The number of halogens is 1. The molecular weight excluding hydrogens is 301 g/mol. The van der Waals surface area contributed by atoms with Crippen molar-refractivity contribution in [1.82, 2.24) is 4.72 Å². The first-order valence-corrected chi connectivity index (χ1v) is 7.90. The fourth-order valence-corrected chi connectivity index (χ4v) is 2.77. The van der Waals surface area contributed by atoms with Crippen LogP contribution in [0.4, 0.5) is 4.39 Å². The van der Waals surface area contributed by atoms with Crippen molar-refractivity contribution in [2.75, 3.05) is 13.7 Å². The van der Waals surface area contributed by atoms with Gasteiger partial charge in [0.1, 0.15) is 0 Å². The lowest BCUT2D eigenvalue weighted by atomic mass is 10.2.